The largest absolute Gasteiger partial charge is 0.391 e. The highest BCUT2D eigenvalue weighted by atomic mass is 19.1. The average Bonchev–Trinajstić information content (AvgIpc) is 3.64. The van der Waals surface area contributed by atoms with E-state index in [1.165, 1.54) is 30.0 Å². The van der Waals surface area contributed by atoms with E-state index in [1.807, 2.05) is 19.9 Å². The molecule has 0 saturated carbocycles. The lowest BCUT2D eigenvalue weighted by molar-refractivity contribution is -0.133. The standard InChI is InChI=1S/C31H39FN6O7/c1-17(2)10-22(13-33)31(43)38-9-8-23(15-38)44-16-25(28(40)34-14-21-7-6-18(3)11-24(21)32)35-30(42)27(20(5)39)36-29(41)26-12-19(4)37-45-26/h6-7,10-12,17,20,23,25,27,39H,8-9,14-16H2,1-5H3,(H,34,40)(H,35,42)(H,36,41)/t20-,23-,25+,27+/m1/s1. The first-order valence-corrected chi connectivity index (χ1v) is 14.6. The summed E-state index contributed by atoms with van der Waals surface area (Å²) in [5, 5.41) is 30.8. The van der Waals surface area contributed by atoms with Crippen LogP contribution in [-0.2, 0) is 25.7 Å². The van der Waals surface area contributed by atoms with Crippen LogP contribution in [0.1, 0.15) is 54.6 Å². The molecule has 1 aliphatic heterocycles. The highest BCUT2D eigenvalue weighted by Gasteiger charge is 2.33. The fraction of sp³-hybridized carbons (Fsp3) is 0.484. The number of aromatic nitrogens is 1. The molecule has 4 N–H and O–H groups in total. The molecule has 1 saturated heterocycles. The third-order valence-corrected chi connectivity index (χ3v) is 6.98. The van der Waals surface area contributed by atoms with Crippen molar-refractivity contribution in [3.63, 3.8) is 0 Å². The molecular weight excluding hydrogens is 587 g/mol. The second-order valence-electron chi connectivity index (χ2n) is 11.3. The van der Waals surface area contributed by atoms with Crippen LogP contribution in [0.5, 0.6) is 0 Å². The Hall–Kier alpha value is -4.61. The van der Waals surface area contributed by atoms with Crippen molar-refractivity contribution in [1.82, 2.24) is 26.0 Å². The minimum absolute atomic E-state index is 0.00429. The molecule has 13 nitrogen and oxygen atoms in total. The Morgan fingerprint density at radius 1 is 1.20 bits per heavy atom. The topological polar surface area (TPSA) is 187 Å². The summed E-state index contributed by atoms with van der Waals surface area (Å²) >= 11 is 0. The smallest absolute Gasteiger partial charge is 0.290 e. The highest BCUT2D eigenvalue weighted by Crippen LogP contribution is 2.17. The Bertz CT molecular complexity index is 1460. The van der Waals surface area contributed by atoms with Crippen molar-refractivity contribution in [2.45, 2.75) is 71.9 Å². The van der Waals surface area contributed by atoms with Gasteiger partial charge in [0.1, 0.15) is 29.5 Å². The third kappa shape index (κ3) is 9.95. The first kappa shape index (κ1) is 34.9. The lowest BCUT2D eigenvalue weighted by Gasteiger charge is -2.25. The zero-order chi connectivity index (χ0) is 33.3. The van der Waals surface area contributed by atoms with Crippen molar-refractivity contribution >= 4 is 23.6 Å². The number of benzene rings is 1. The Labute approximate surface area is 260 Å². The number of rotatable bonds is 13. The summed E-state index contributed by atoms with van der Waals surface area (Å²) in [6.07, 6.45) is 0.138. The van der Waals surface area contributed by atoms with Crippen molar-refractivity contribution in [2.75, 3.05) is 19.7 Å². The van der Waals surface area contributed by atoms with E-state index >= 15 is 0 Å². The number of likely N-dealkylation sites (tertiary alicyclic amines) is 1. The number of amides is 4. The van der Waals surface area contributed by atoms with Crippen LogP contribution in [0.2, 0.25) is 0 Å². The van der Waals surface area contributed by atoms with Crippen molar-refractivity contribution < 1.29 is 37.9 Å². The van der Waals surface area contributed by atoms with E-state index in [4.69, 9.17) is 9.26 Å². The van der Waals surface area contributed by atoms with Crippen LogP contribution in [-0.4, -0.2) is 82.8 Å². The SMILES string of the molecule is Cc1ccc(CNC(=O)[C@H](CO[C@@H]2CCN(C(=O)C(C#N)=CC(C)C)C2)NC(=O)[C@@H](NC(=O)c2cc(C)no2)[C@@H](C)O)c(F)c1. The van der Waals surface area contributed by atoms with Crippen molar-refractivity contribution in [3.8, 4) is 6.07 Å². The predicted octanol–water partition coefficient (Wildman–Crippen LogP) is 1.43. The van der Waals surface area contributed by atoms with Crippen LogP contribution in [0.3, 0.4) is 0 Å². The van der Waals surface area contributed by atoms with Crippen LogP contribution >= 0.6 is 0 Å². The number of halogens is 1. The van der Waals surface area contributed by atoms with Gasteiger partial charge in [0, 0.05) is 31.3 Å². The number of aliphatic hydroxyl groups excluding tert-OH is 1. The molecule has 2 aromatic rings. The summed E-state index contributed by atoms with van der Waals surface area (Å²) in [5.74, 6) is -3.50. The molecule has 45 heavy (non-hydrogen) atoms. The summed E-state index contributed by atoms with van der Waals surface area (Å²) < 4.78 is 25.2. The number of carbonyl (C=O) groups excluding carboxylic acids is 4. The van der Waals surface area contributed by atoms with E-state index in [-0.39, 0.29) is 42.5 Å². The number of hydrogen-bond donors (Lipinski definition) is 4. The number of aliphatic hydroxyl groups is 1. The predicted molar refractivity (Wildman–Crippen MR) is 159 cm³/mol. The van der Waals surface area contributed by atoms with Crippen LogP contribution in [0.15, 0.2) is 40.4 Å². The molecule has 2 heterocycles. The molecule has 0 unspecified atom stereocenters. The van der Waals surface area contributed by atoms with Gasteiger partial charge in [0.25, 0.3) is 11.8 Å². The number of allylic oxidation sites excluding steroid dienone is 1. The van der Waals surface area contributed by atoms with Crippen LogP contribution in [0.4, 0.5) is 4.39 Å². The fourth-order valence-electron chi connectivity index (χ4n) is 4.57. The lowest BCUT2D eigenvalue weighted by atomic mass is 10.1. The van der Waals surface area contributed by atoms with Gasteiger partial charge in [-0.05, 0) is 44.7 Å². The van der Waals surface area contributed by atoms with Gasteiger partial charge in [-0.15, -0.1) is 0 Å². The molecule has 0 spiro atoms. The fourth-order valence-corrected chi connectivity index (χ4v) is 4.57. The van der Waals surface area contributed by atoms with Gasteiger partial charge in [-0.25, -0.2) is 4.39 Å². The van der Waals surface area contributed by atoms with Crippen molar-refractivity contribution in [2.24, 2.45) is 5.92 Å². The minimum atomic E-state index is -1.48. The number of ether oxygens (including phenoxy) is 1. The molecule has 14 heteroatoms. The Morgan fingerprint density at radius 3 is 2.53 bits per heavy atom. The van der Waals surface area contributed by atoms with E-state index < -0.39 is 53.7 Å². The second kappa shape index (κ2) is 15.9. The monoisotopic (exact) mass is 626 g/mol. The maximum atomic E-state index is 14.4. The molecule has 1 fully saturated rings. The average molecular weight is 627 g/mol. The molecule has 0 aliphatic carbocycles. The quantitative estimate of drug-likeness (QED) is 0.188. The number of hydrogen-bond acceptors (Lipinski definition) is 9. The Morgan fingerprint density at radius 2 is 1.93 bits per heavy atom. The maximum Gasteiger partial charge on any atom is 0.290 e. The zero-order valence-corrected chi connectivity index (χ0v) is 25.9. The van der Waals surface area contributed by atoms with E-state index in [9.17, 15) is 33.9 Å². The molecule has 1 aromatic carbocycles. The lowest BCUT2D eigenvalue weighted by Crippen LogP contribution is -2.58. The van der Waals surface area contributed by atoms with Gasteiger partial charge in [-0.3, -0.25) is 19.2 Å². The summed E-state index contributed by atoms with van der Waals surface area (Å²) in [7, 11) is 0. The molecule has 1 aliphatic rings. The summed E-state index contributed by atoms with van der Waals surface area (Å²) in [6.45, 7) is 8.31. The second-order valence-corrected chi connectivity index (χ2v) is 11.3. The van der Waals surface area contributed by atoms with Gasteiger partial charge >= 0.3 is 0 Å². The van der Waals surface area contributed by atoms with Gasteiger partial charge < -0.3 is 35.2 Å². The molecule has 4 atom stereocenters. The Balaban J connectivity index is 1.71. The normalized spacial score (nSPS) is 16.9. The highest BCUT2D eigenvalue weighted by molar-refractivity contribution is 5.98. The molecule has 1 aromatic heterocycles. The summed E-state index contributed by atoms with van der Waals surface area (Å²) in [5.41, 5.74) is 1.40. The maximum absolute atomic E-state index is 14.4. The number of nitriles is 1. The minimum Gasteiger partial charge on any atom is -0.391 e. The van der Waals surface area contributed by atoms with Gasteiger partial charge in [-0.2, -0.15) is 5.26 Å². The first-order valence-electron chi connectivity index (χ1n) is 14.6. The van der Waals surface area contributed by atoms with Gasteiger partial charge in [-0.1, -0.05) is 37.2 Å². The van der Waals surface area contributed by atoms with Crippen molar-refractivity contribution in [3.05, 3.63) is 64.3 Å². The molecular formula is C31H39FN6O7. The third-order valence-electron chi connectivity index (χ3n) is 6.98. The van der Waals surface area contributed by atoms with E-state index in [0.717, 1.165) is 0 Å². The van der Waals surface area contributed by atoms with Crippen LogP contribution < -0.4 is 16.0 Å². The molecule has 0 bridgehead atoms. The van der Waals surface area contributed by atoms with E-state index in [0.29, 0.717) is 24.2 Å². The first-order chi connectivity index (χ1) is 21.3. The zero-order valence-electron chi connectivity index (χ0n) is 25.9. The summed E-state index contributed by atoms with van der Waals surface area (Å²) in [6, 6.07) is 5.04. The number of nitrogens with one attached hydrogen (secondary N) is 3. The number of nitrogens with zero attached hydrogens (tertiary/aromatic N) is 3. The molecule has 242 valence electrons. The van der Waals surface area contributed by atoms with Gasteiger partial charge in [0.05, 0.1) is 24.5 Å². The molecule has 3 rings (SSSR count). The van der Waals surface area contributed by atoms with Crippen LogP contribution in [0.25, 0.3) is 0 Å². The van der Waals surface area contributed by atoms with Crippen molar-refractivity contribution in [1.29, 1.82) is 5.26 Å². The summed E-state index contributed by atoms with van der Waals surface area (Å²) in [4.78, 5) is 53.4. The van der Waals surface area contributed by atoms with Crippen LogP contribution in [0, 0.1) is 36.9 Å². The van der Waals surface area contributed by atoms with E-state index in [1.54, 1.807) is 26.0 Å². The molecule has 0 radical (unpaired) electrons. The Kier molecular flexibility index (Phi) is 12.3. The molecule has 4 amide bonds. The number of aryl methyl sites for hydroxylation is 2. The number of carbonyl (C=O) groups is 4. The van der Waals surface area contributed by atoms with Gasteiger partial charge in [0.15, 0.2) is 0 Å². The van der Waals surface area contributed by atoms with Gasteiger partial charge in [0.2, 0.25) is 17.6 Å². The van der Waals surface area contributed by atoms with E-state index in [2.05, 4.69) is 21.1 Å².